The lowest BCUT2D eigenvalue weighted by atomic mass is 9.73. The maximum atomic E-state index is 12.2. The molecule has 3 heteroatoms. The number of nitrogens with one attached hydrogen (secondary N) is 1. The predicted octanol–water partition coefficient (Wildman–Crippen LogP) is 4.84. The van der Waals surface area contributed by atoms with Crippen molar-refractivity contribution >= 4 is 5.91 Å². The Morgan fingerprint density at radius 1 is 1.13 bits per heavy atom. The third kappa shape index (κ3) is 6.82. The van der Waals surface area contributed by atoms with E-state index < -0.39 is 0 Å². The summed E-state index contributed by atoms with van der Waals surface area (Å²) in [5.74, 6) is 1.23. The second-order valence-corrected chi connectivity index (χ2v) is 8.22. The van der Waals surface area contributed by atoms with Crippen LogP contribution in [0.4, 0.5) is 0 Å². The number of ether oxygens (including phenoxy) is 1. The monoisotopic (exact) mass is 323 g/mol. The molecule has 1 amide bonds. The van der Waals surface area contributed by atoms with Crippen LogP contribution in [0.25, 0.3) is 0 Å². The molecular weight excluding hydrogens is 286 g/mol. The lowest BCUT2D eigenvalue weighted by Gasteiger charge is -2.32. The lowest BCUT2D eigenvalue weighted by Crippen LogP contribution is -2.32. The van der Waals surface area contributed by atoms with Crippen LogP contribution in [0.5, 0.6) is 0 Å². The largest absolute Gasteiger partial charge is 0.379 e. The molecule has 2 fully saturated rings. The Balaban J connectivity index is 1.44. The molecule has 2 aliphatic rings. The van der Waals surface area contributed by atoms with E-state index in [1.807, 2.05) is 0 Å². The highest BCUT2D eigenvalue weighted by atomic mass is 16.5. The standard InChI is InChI=1S/C20H37NO2/c1-17(2)23-14-7-5-3-4-6-13-21-19(22)16-20-11-8-9-18(15-20)10-12-20/h17-18H,3-16H2,1-2H3,(H,21,22). The minimum Gasteiger partial charge on any atom is -0.379 e. The van der Waals surface area contributed by atoms with Crippen molar-refractivity contribution in [1.29, 1.82) is 0 Å². The normalized spacial score (nSPS) is 26.7. The number of carbonyl (C=O) groups excluding carboxylic acids is 1. The van der Waals surface area contributed by atoms with Crippen molar-refractivity contribution in [3.63, 3.8) is 0 Å². The molecule has 2 rings (SSSR count). The van der Waals surface area contributed by atoms with E-state index in [1.54, 1.807) is 0 Å². The highest BCUT2D eigenvalue weighted by Crippen LogP contribution is 2.53. The number of amides is 1. The average molecular weight is 324 g/mol. The molecule has 2 saturated carbocycles. The Bertz CT molecular complexity index is 352. The summed E-state index contributed by atoms with van der Waals surface area (Å²) in [5.41, 5.74) is 0.378. The zero-order valence-electron chi connectivity index (χ0n) is 15.4. The van der Waals surface area contributed by atoms with E-state index in [1.165, 1.54) is 57.8 Å². The van der Waals surface area contributed by atoms with Gasteiger partial charge in [0.25, 0.3) is 0 Å². The number of fused-ring (bicyclic) bond motifs is 2. The molecule has 2 unspecified atom stereocenters. The minimum absolute atomic E-state index is 0.304. The van der Waals surface area contributed by atoms with Gasteiger partial charge in [0, 0.05) is 19.6 Å². The van der Waals surface area contributed by atoms with Gasteiger partial charge in [-0.15, -0.1) is 0 Å². The van der Waals surface area contributed by atoms with Crippen LogP contribution in [-0.2, 0) is 9.53 Å². The summed E-state index contributed by atoms with van der Waals surface area (Å²) in [6.45, 7) is 5.92. The molecule has 0 spiro atoms. The van der Waals surface area contributed by atoms with Crippen LogP contribution < -0.4 is 5.32 Å². The molecule has 2 atom stereocenters. The molecular formula is C20H37NO2. The molecule has 3 nitrogen and oxygen atoms in total. The summed E-state index contributed by atoms with van der Waals surface area (Å²) < 4.78 is 5.54. The topological polar surface area (TPSA) is 38.3 Å². The zero-order chi connectivity index (χ0) is 16.5. The molecule has 0 heterocycles. The van der Waals surface area contributed by atoms with E-state index in [-0.39, 0.29) is 0 Å². The molecule has 0 aromatic rings. The Kier molecular flexibility index (Phi) is 7.88. The van der Waals surface area contributed by atoms with Crippen LogP contribution in [0, 0.1) is 11.3 Å². The Morgan fingerprint density at radius 2 is 1.91 bits per heavy atom. The van der Waals surface area contributed by atoms with Crippen LogP contribution in [0.1, 0.15) is 90.9 Å². The second-order valence-electron chi connectivity index (χ2n) is 8.22. The van der Waals surface area contributed by atoms with E-state index in [4.69, 9.17) is 4.74 Å². The first-order valence-corrected chi connectivity index (χ1v) is 9.98. The first kappa shape index (κ1) is 18.8. The van der Waals surface area contributed by atoms with Crippen molar-refractivity contribution in [2.75, 3.05) is 13.2 Å². The van der Waals surface area contributed by atoms with Gasteiger partial charge in [0.2, 0.25) is 5.91 Å². The molecule has 2 aliphatic carbocycles. The molecule has 1 N–H and O–H groups in total. The summed E-state index contributed by atoms with van der Waals surface area (Å²) in [4.78, 5) is 12.2. The average Bonchev–Trinajstić information content (AvgIpc) is 2.79. The van der Waals surface area contributed by atoms with Gasteiger partial charge in [-0.2, -0.15) is 0 Å². The fourth-order valence-corrected chi connectivity index (χ4v) is 4.52. The second kappa shape index (κ2) is 9.66. The molecule has 0 saturated heterocycles. The summed E-state index contributed by atoms with van der Waals surface area (Å²) in [6.07, 6.45) is 15.2. The molecule has 23 heavy (non-hydrogen) atoms. The quantitative estimate of drug-likeness (QED) is 0.553. The highest BCUT2D eigenvalue weighted by Gasteiger charge is 2.42. The van der Waals surface area contributed by atoms with Gasteiger partial charge in [0.1, 0.15) is 0 Å². The maximum absolute atomic E-state index is 12.2. The Labute approximate surface area is 142 Å². The van der Waals surface area contributed by atoms with Crippen LogP contribution in [-0.4, -0.2) is 25.2 Å². The number of carbonyl (C=O) groups is 1. The third-order valence-corrected chi connectivity index (χ3v) is 5.75. The van der Waals surface area contributed by atoms with E-state index >= 15 is 0 Å². The van der Waals surface area contributed by atoms with Gasteiger partial charge in [-0.3, -0.25) is 4.79 Å². The first-order chi connectivity index (χ1) is 11.1. The van der Waals surface area contributed by atoms with Gasteiger partial charge in [-0.05, 0) is 63.7 Å². The van der Waals surface area contributed by atoms with Crippen molar-refractivity contribution in [1.82, 2.24) is 5.32 Å². The summed E-state index contributed by atoms with van der Waals surface area (Å²) in [5, 5.41) is 3.16. The number of unbranched alkanes of at least 4 members (excludes halogenated alkanes) is 4. The van der Waals surface area contributed by atoms with Gasteiger partial charge in [0.05, 0.1) is 6.10 Å². The van der Waals surface area contributed by atoms with Crippen molar-refractivity contribution in [2.24, 2.45) is 11.3 Å². The van der Waals surface area contributed by atoms with Crippen molar-refractivity contribution in [3.05, 3.63) is 0 Å². The number of rotatable bonds is 11. The SMILES string of the molecule is CC(C)OCCCCCCCNC(=O)CC12CCCC(CC1)C2. The van der Waals surface area contributed by atoms with E-state index in [2.05, 4.69) is 19.2 Å². The van der Waals surface area contributed by atoms with Gasteiger partial charge in [-0.25, -0.2) is 0 Å². The van der Waals surface area contributed by atoms with Gasteiger partial charge >= 0.3 is 0 Å². The molecule has 134 valence electrons. The summed E-state index contributed by atoms with van der Waals surface area (Å²) in [6, 6.07) is 0. The van der Waals surface area contributed by atoms with Gasteiger partial charge in [-0.1, -0.05) is 32.1 Å². The Morgan fingerprint density at radius 3 is 2.74 bits per heavy atom. The lowest BCUT2D eigenvalue weighted by molar-refractivity contribution is -0.123. The molecule has 0 aromatic heterocycles. The highest BCUT2D eigenvalue weighted by molar-refractivity contribution is 5.76. The van der Waals surface area contributed by atoms with E-state index in [0.717, 1.165) is 38.3 Å². The molecule has 0 aliphatic heterocycles. The maximum Gasteiger partial charge on any atom is 0.220 e. The fraction of sp³-hybridized carbons (Fsp3) is 0.950. The summed E-state index contributed by atoms with van der Waals surface area (Å²) >= 11 is 0. The van der Waals surface area contributed by atoms with Crippen molar-refractivity contribution < 1.29 is 9.53 Å². The Hall–Kier alpha value is -0.570. The minimum atomic E-state index is 0.304. The molecule has 0 aromatic carbocycles. The van der Waals surface area contributed by atoms with Crippen molar-refractivity contribution in [3.8, 4) is 0 Å². The zero-order valence-corrected chi connectivity index (χ0v) is 15.4. The van der Waals surface area contributed by atoms with Crippen LogP contribution in [0.15, 0.2) is 0 Å². The first-order valence-electron chi connectivity index (χ1n) is 9.98. The van der Waals surface area contributed by atoms with E-state index in [0.29, 0.717) is 17.4 Å². The smallest absolute Gasteiger partial charge is 0.220 e. The fourth-order valence-electron chi connectivity index (χ4n) is 4.52. The molecule has 2 bridgehead atoms. The van der Waals surface area contributed by atoms with Crippen LogP contribution in [0.3, 0.4) is 0 Å². The summed E-state index contributed by atoms with van der Waals surface area (Å²) in [7, 11) is 0. The predicted molar refractivity (Wildman–Crippen MR) is 95.4 cm³/mol. The van der Waals surface area contributed by atoms with Crippen LogP contribution >= 0.6 is 0 Å². The number of hydrogen-bond acceptors (Lipinski definition) is 2. The molecule has 0 radical (unpaired) electrons. The van der Waals surface area contributed by atoms with Gasteiger partial charge in [0.15, 0.2) is 0 Å². The van der Waals surface area contributed by atoms with Gasteiger partial charge < -0.3 is 10.1 Å². The number of hydrogen-bond donors (Lipinski definition) is 1. The third-order valence-electron chi connectivity index (χ3n) is 5.75. The van der Waals surface area contributed by atoms with Crippen molar-refractivity contribution in [2.45, 2.75) is 97.0 Å². The van der Waals surface area contributed by atoms with E-state index in [9.17, 15) is 4.79 Å². The van der Waals surface area contributed by atoms with Crippen LogP contribution in [0.2, 0.25) is 0 Å².